The van der Waals surface area contributed by atoms with Gasteiger partial charge in [-0.15, -0.1) is 0 Å². The van der Waals surface area contributed by atoms with E-state index in [0.29, 0.717) is 0 Å². The van der Waals surface area contributed by atoms with Crippen LogP contribution in [0.3, 0.4) is 0 Å². The normalized spacial score (nSPS) is 13.1. The second-order valence-electron chi connectivity index (χ2n) is 3.01. The minimum absolute atomic E-state index is 0.203. The van der Waals surface area contributed by atoms with Gasteiger partial charge >= 0.3 is 6.30 Å². The second-order valence-corrected chi connectivity index (χ2v) is 4.48. The maximum absolute atomic E-state index is 12.4. The zero-order valence-electron chi connectivity index (χ0n) is 7.98. The smallest absolute Gasteiger partial charge is 0.215 e. The van der Waals surface area contributed by atoms with Gasteiger partial charge in [0, 0.05) is 6.54 Å². The lowest BCUT2D eigenvalue weighted by molar-refractivity contribution is -0.213. The Labute approximate surface area is 90.7 Å². The standard InChI is InChI=1S/C8H9F3N2O2S/c9-8(10,11)13(16(12,14)15)6-7-4-2-1-3-5-7/h1-5H,6H2,(H2,12,14,15). The van der Waals surface area contributed by atoms with Gasteiger partial charge in [0.15, 0.2) is 0 Å². The third kappa shape index (κ3) is 3.47. The van der Waals surface area contributed by atoms with Crippen LogP contribution in [0.15, 0.2) is 30.3 Å². The summed E-state index contributed by atoms with van der Waals surface area (Å²) in [5, 5.41) is 4.49. The van der Waals surface area contributed by atoms with E-state index >= 15 is 0 Å². The van der Waals surface area contributed by atoms with Crippen molar-refractivity contribution in [3.05, 3.63) is 35.9 Å². The summed E-state index contributed by atoms with van der Waals surface area (Å²) in [4.78, 5) is 0. The number of hydrogen-bond donors (Lipinski definition) is 1. The molecule has 90 valence electrons. The molecule has 0 aliphatic rings. The lowest BCUT2D eigenvalue weighted by Crippen LogP contribution is -2.45. The Kier molecular flexibility index (Phi) is 3.56. The summed E-state index contributed by atoms with van der Waals surface area (Å²) in [6, 6.07) is 7.38. The summed E-state index contributed by atoms with van der Waals surface area (Å²) in [5.74, 6) is 0. The molecule has 0 saturated heterocycles. The minimum atomic E-state index is -5.02. The number of benzene rings is 1. The molecule has 2 N–H and O–H groups in total. The van der Waals surface area contributed by atoms with Crippen molar-refractivity contribution in [3.63, 3.8) is 0 Å². The van der Waals surface area contributed by atoms with E-state index in [1.807, 2.05) is 0 Å². The molecule has 0 radical (unpaired) electrons. The van der Waals surface area contributed by atoms with Crippen molar-refractivity contribution in [2.45, 2.75) is 12.8 Å². The quantitative estimate of drug-likeness (QED) is 0.824. The topological polar surface area (TPSA) is 63.4 Å². The highest BCUT2D eigenvalue weighted by atomic mass is 32.2. The van der Waals surface area contributed by atoms with Crippen LogP contribution in [0, 0.1) is 0 Å². The molecular weight excluding hydrogens is 245 g/mol. The fourth-order valence-electron chi connectivity index (χ4n) is 1.07. The molecule has 0 saturated carbocycles. The van der Waals surface area contributed by atoms with Gasteiger partial charge in [0.1, 0.15) is 0 Å². The van der Waals surface area contributed by atoms with Gasteiger partial charge < -0.3 is 0 Å². The van der Waals surface area contributed by atoms with Crippen LogP contribution in [-0.4, -0.2) is 19.0 Å². The Balaban J connectivity index is 2.99. The number of alkyl halides is 3. The van der Waals surface area contributed by atoms with Crippen LogP contribution in [-0.2, 0) is 16.8 Å². The molecule has 0 amide bonds. The number of halogens is 3. The first kappa shape index (κ1) is 12.9. The van der Waals surface area contributed by atoms with Gasteiger partial charge in [-0.2, -0.15) is 21.6 Å². The van der Waals surface area contributed by atoms with Crippen LogP contribution in [0.2, 0.25) is 0 Å². The molecule has 0 bridgehead atoms. The van der Waals surface area contributed by atoms with Crippen LogP contribution >= 0.6 is 0 Å². The zero-order chi connectivity index (χ0) is 12.4. The van der Waals surface area contributed by atoms with Gasteiger partial charge in [-0.3, -0.25) is 0 Å². The predicted molar refractivity (Wildman–Crippen MR) is 51.1 cm³/mol. The summed E-state index contributed by atoms with van der Waals surface area (Å²) in [6.07, 6.45) is -5.02. The van der Waals surface area contributed by atoms with Crippen LogP contribution in [0.4, 0.5) is 13.2 Å². The first-order chi connectivity index (χ1) is 7.21. The molecule has 8 heteroatoms. The molecule has 0 atom stereocenters. The van der Waals surface area contributed by atoms with Crippen molar-refractivity contribution in [3.8, 4) is 0 Å². The first-order valence-electron chi connectivity index (χ1n) is 4.12. The molecule has 0 aliphatic heterocycles. The third-order valence-corrected chi connectivity index (χ3v) is 2.71. The molecule has 1 aromatic rings. The zero-order valence-corrected chi connectivity index (χ0v) is 8.79. The maximum Gasteiger partial charge on any atom is 0.474 e. The van der Waals surface area contributed by atoms with Gasteiger partial charge in [0.05, 0.1) is 0 Å². The largest absolute Gasteiger partial charge is 0.474 e. The summed E-state index contributed by atoms with van der Waals surface area (Å²) >= 11 is 0. The Bertz CT molecular complexity index is 444. The van der Waals surface area contributed by atoms with Gasteiger partial charge in [0.2, 0.25) is 0 Å². The highest BCUT2D eigenvalue weighted by molar-refractivity contribution is 7.86. The van der Waals surface area contributed by atoms with E-state index in [4.69, 9.17) is 0 Å². The SMILES string of the molecule is NS(=O)(=O)N(Cc1ccccc1)C(F)(F)F. The summed E-state index contributed by atoms with van der Waals surface area (Å²) < 4.78 is 57.9. The van der Waals surface area contributed by atoms with E-state index in [-0.39, 0.29) is 5.56 Å². The Hall–Kier alpha value is -1.12. The van der Waals surface area contributed by atoms with E-state index < -0.39 is 27.4 Å². The molecular formula is C8H9F3N2O2S. The van der Waals surface area contributed by atoms with Crippen LogP contribution in [0.25, 0.3) is 0 Å². The van der Waals surface area contributed by atoms with Crippen molar-refractivity contribution in [1.29, 1.82) is 0 Å². The van der Waals surface area contributed by atoms with Crippen molar-refractivity contribution in [1.82, 2.24) is 4.31 Å². The highest BCUT2D eigenvalue weighted by Gasteiger charge is 2.44. The van der Waals surface area contributed by atoms with Crippen LogP contribution in [0.5, 0.6) is 0 Å². The van der Waals surface area contributed by atoms with Crippen molar-refractivity contribution >= 4 is 10.2 Å². The monoisotopic (exact) mass is 254 g/mol. The van der Waals surface area contributed by atoms with Crippen LogP contribution in [0.1, 0.15) is 5.56 Å². The molecule has 0 fully saturated rings. The maximum atomic E-state index is 12.4. The molecule has 0 aliphatic carbocycles. The van der Waals surface area contributed by atoms with E-state index in [0.717, 1.165) is 0 Å². The third-order valence-electron chi connectivity index (χ3n) is 1.76. The van der Waals surface area contributed by atoms with Crippen molar-refractivity contribution in [2.24, 2.45) is 5.14 Å². The number of rotatable bonds is 3. The average molecular weight is 254 g/mol. The molecule has 0 heterocycles. The summed E-state index contributed by atoms with van der Waals surface area (Å²) in [5.41, 5.74) is 0.203. The summed E-state index contributed by atoms with van der Waals surface area (Å²) in [6.45, 7) is -0.830. The van der Waals surface area contributed by atoms with E-state index in [1.54, 1.807) is 6.07 Å². The lowest BCUT2D eigenvalue weighted by atomic mass is 10.2. The highest BCUT2D eigenvalue weighted by Crippen LogP contribution is 2.25. The molecule has 4 nitrogen and oxygen atoms in total. The summed E-state index contributed by atoms with van der Waals surface area (Å²) in [7, 11) is -4.81. The molecule has 1 rings (SSSR count). The average Bonchev–Trinajstić information content (AvgIpc) is 2.12. The first-order valence-corrected chi connectivity index (χ1v) is 5.63. The second kappa shape index (κ2) is 4.40. The Morgan fingerprint density at radius 2 is 1.69 bits per heavy atom. The van der Waals surface area contributed by atoms with Crippen molar-refractivity contribution < 1.29 is 21.6 Å². The minimum Gasteiger partial charge on any atom is -0.215 e. The van der Waals surface area contributed by atoms with E-state index in [9.17, 15) is 21.6 Å². The number of nitrogens with zero attached hydrogens (tertiary/aromatic N) is 1. The van der Waals surface area contributed by atoms with E-state index in [1.165, 1.54) is 24.3 Å². The fourth-order valence-corrected chi connectivity index (χ4v) is 1.69. The van der Waals surface area contributed by atoms with Gasteiger partial charge in [-0.05, 0) is 5.56 Å². The van der Waals surface area contributed by atoms with Gasteiger partial charge in [0.25, 0.3) is 10.2 Å². The van der Waals surface area contributed by atoms with Gasteiger partial charge in [-0.1, -0.05) is 34.6 Å². The molecule has 0 unspecified atom stereocenters. The fraction of sp³-hybridized carbons (Fsp3) is 0.250. The Morgan fingerprint density at radius 1 is 1.19 bits per heavy atom. The van der Waals surface area contributed by atoms with Crippen LogP contribution < -0.4 is 5.14 Å². The molecule has 16 heavy (non-hydrogen) atoms. The Morgan fingerprint density at radius 3 is 2.06 bits per heavy atom. The number of hydrogen-bond acceptors (Lipinski definition) is 2. The van der Waals surface area contributed by atoms with E-state index in [2.05, 4.69) is 5.14 Å². The molecule has 0 aromatic heterocycles. The number of nitrogens with two attached hydrogens (primary N) is 1. The predicted octanol–water partition coefficient (Wildman–Crippen LogP) is 1.21. The molecule has 0 spiro atoms. The van der Waals surface area contributed by atoms with Crippen molar-refractivity contribution in [2.75, 3.05) is 0 Å². The van der Waals surface area contributed by atoms with Gasteiger partial charge in [-0.25, -0.2) is 5.14 Å². The molecule has 1 aromatic carbocycles. The lowest BCUT2D eigenvalue weighted by Gasteiger charge is -2.21.